The van der Waals surface area contributed by atoms with Crippen molar-refractivity contribution in [3.63, 3.8) is 0 Å². The Labute approximate surface area is 162 Å². The average Bonchev–Trinajstić information content (AvgIpc) is 3.21. The van der Waals surface area contributed by atoms with Crippen molar-refractivity contribution in [1.82, 2.24) is 4.90 Å². The van der Waals surface area contributed by atoms with Gasteiger partial charge in [-0.1, -0.05) is 24.3 Å². The number of ether oxygens (including phenoxy) is 1. The Bertz CT molecular complexity index is 875. The summed E-state index contributed by atoms with van der Waals surface area (Å²) < 4.78 is 5.55. The van der Waals surface area contributed by atoms with Crippen molar-refractivity contribution in [2.75, 3.05) is 25.0 Å². The Kier molecular flexibility index (Phi) is 6.26. The maximum absolute atomic E-state index is 12.3. The molecule has 0 radical (unpaired) electrons. The van der Waals surface area contributed by atoms with Crippen LogP contribution < -0.4 is 10.1 Å². The molecule has 28 heavy (non-hydrogen) atoms. The molecule has 146 valence electrons. The predicted octanol–water partition coefficient (Wildman–Crippen LogP) is 2.57. The molecule has 2 N–H and O–H groups in total. The monoisotopic (exact) mass is 382 g/mol. The van der Waals surface area contributed by atoms with E-state index < -0.39 is 5.97 Å². The fraction of sp³-hybridized carbons (Fsp3) is 0.286. The minimum absolute atomic E-state index is 0.0383. The van der Waals surface area contributed by atoms with Crippen LogP contribution >= 0.6 is 0 Å². The smallest absolute Gasteiger partial charge is 0.335 e. The van der Waals surface area contributed by atoms with E-state index in [4.69, 9.17) is 4.74 Å². The molecular formula is C21H22N2O5. The molecular weight excluding hydrogens is 360 g/mol. The minimum Gasteiger partial charge on any atom is -0.484 e. The van der Waals surface area contributed by atoms with Gasteiger partial charge in [0.15, 0.2) is 6.61 Å². The lowest BCUT2D eigenvalue weighted by Crippen LogP contribution is -2.32. The number of carbonyl (C=O) groups is 3. The molecule has 1 fully saturated rings. The summed E-state index contributed by atoms with van der Waals surface area (Å²) in [4.78, 5) is 37.4. The van der Waals surface area contributed by atoms with Gasteiger partial charge in [-0.05, 0) is 36.6 Å². The van der Waals surface area contributed by atoms with Gasteiger partial charge in [-0.25, -0.2) is 4.79 Å². The van der Waals surface area contributed by atoms with Gasteiger partial charge in [0.2, 0.25) is 5.91 Å². The van der Waals surface area contributed by atoms with Crippen molar-refractivity contribution in [3.8, 4) is 5.75 Å². The zero-order valence-electron chi connectivity index (χ0n) is 15.4. The van der Waals surface area contributed by atoms with Crippen LogP contribution in [0.25, 0.3) is 0 Å². The number of hydrogen-bond donors (Lipinski definition) is 2. The van der Waals surface area contributed by atoms with Gasteiger partial charge in [0, 0.05) is 24.8 Å². The van der Waals surface area contributed by atoms with Crippen molar-refractivity contribution >= 4 is 23.5 Å². The third-order valence-corrected chi connectivity index (χ3v) is 4.54. The van der Waals surface area contributed by atoms with Crippen molar-refractivity contribution in [2.24, 2.45) is 0 Å². The third kappa shape index (κ3) is 5.09. The van der Waals surface area contributed by atoms with E-state index in [1.165, 1.54) is 6.07 Å². The molecule has 0 spiro atoms. The Hall–Kier alpha value is -3.35. The molecule has 1 heterocycles. The number of carboxylic acid groups (broad SMARTS) is 1. The van der Waals surface area contributed by atoms with E-state index in [2.05, 4.69) is 5.32 Å². The first-order chi connectivity index (χ1) is 13.5. The molecule has 0 saturated carbocycles. The number of hydrogen-bond acceptors (Lipinski definition) is 4. The summed E-state index contributed by atoms with van der Waals surface area (Å²) >= 11 is 0. The molecule has 2 amide bonds. The zero-order chi connectivity index (χ0) is 19.9. The van der Waals surface area contributed by atoms with Crippen LogP contribution in [-0.2, 0) is 16.0 Å². The Morgan fingerprint density at radius 2 is 1.79 bits per heavy atom. The standard InChI is InChI=1S/C21H22N2O5/c24-19(12-15-6-1-2-9-18(15)21(26)27)22-16-7-5-8-17(13-16)28-14-20(25)23-10-3-4-11-23/h1-2,5-9,13H,3-4,10-12,14H2,(H,22,24)(H,26,27). The highest BCUT2D eigenvalue weighted by Gasteiger charge is 2.18. The molecule has 1 aliphatic heterocycles. The lowest BCUT2D eigenvalue weighted by Gasteiger charge is -2.15. The number of rotatable bonds is 7. The molecule has 0 unspecified atom stereocenters. The van der Waals surface area contributed by atoms with Crippen LogP contribution in [0, 0.1) is 0 Å². The summed E-state index contributed by atoms with van der Waals surface area (Å²) in [5, 5.41) is 11.9. The number of likely N-dealkylation sites (tertiary alicyclic amines) is 1. The van der Waals surface area contributed by atoms with Crippen LogP contribution in [0.4, 0.5) is 5.69 Å². The highest BCUT2D eigenvalue weighted by molar-refractivity contribution is 5.96. The van der Waals surface area contributed by atoms with Gasteiger partial charge in [-0.15, -0.1) is 0 Å². The second-order valence-corrected chi connectivity index (χ2v) is 6.59. The second kappa shape index (κ2) is 9.03. The summed E-state index contributed by atoms with van der Waals surface area (Å²) in [7, 11) is 0. The number of nitrogens with one attached hydrogen (secondary N) is 1. The number of carbonyl (C=O) groups excluding carboxylic acids is 2. The maximum atomic E-state index is 12.3. The summed E-state index contributed by atoms with van der Waals surface area (Å²) in [6.45, 7) is 1.51. The van der Waals surface area contributed by atoms with E-state index in [0.717, 1.165) is 25.9 Å². The average molecular weight is 382 g/mol. The van der Waals surface area contributed by atoms with Crippen molar-refractivity contribution in [1.29, 1.82) is 0 Å². The van der Waals surface area contributed by atoms with Crippen LogP contribution in [0.3, 0.4) is 0 Å². The topological polar surface area (TPSA) is 95.9 Å². The number of nitrogens with zero attached hydrogens (tertiary/aromatic N) is 1. The Balaban J connectivity index is 1.57. The summed E-state index contributed by atoms with van der Waals surface area (Å²) in [5.74, 6) is -0.964. The molecule has 0 atom stereocenters. The Morgan fingerprint density at radius 1 is 1.04 bits per heavy atom. The highest BCUT2D eigenvalue weighted by Crippen LogP contribution is 2.19. The number of benzene rings is 2. The molecule has 2 aromatic rings. The molecule has 0 aliphatic carbocycles. The molecule has 7 nitrogen and oxygen atoms in total. The van der Waals surface area contributed by atoms with Crippen molar-refractivity contribution in [3.05, 3.63) is 59.7 Å². The van der Waals surface area contributed by atoms with Crippen molar-refractivity contribution in [2.45, 2.75) is 19.3 Å². The largest absolute Gasteiger partial charge is 0.484 e. The zero-order valence-corrected chi connectivity index (χ0v) is 15.4. The molecule has 1 aliphatic rings. The molecule has 1 saturated heterocycles. The van der Waals surface area contributed by atoms with E-state index in [1.54, 1.807) is 47.4 Å². The predicted molar refractivity (Wildman–Crippen MR) is 103 cm³/mol. The SMILES string of the molecule is O=C(Cc1ccccc1C(=O)O)Nc1cccc(OCC(=O)N2CCCC2)c1. The van der Waals surface area contributed by atoms with Gasteiger partial charge in [-0.2, -0.15) is 0 Å². The highest BCUT2D eigenvalue weighted by atomic mass is 16.5. The first kappa shape index (κ1) is 19.4. The van der Waals surface area contributed by atoms with E-state index in [9.17, 15) is 19.5 Å². The van der Waals surface area contributed by atoms with E-state index >= 15 is 0 Å². The van der Waals surface area contributed by atoms with Gasteiger partial charge in [0.1, 0.15) is 5.75 Å². The lowest BCUT2D eigenvalue weighted by atomic mass is 10.0. The third-order valence-electron chi connectivity index (χ3n) is 4.54. The summed E-state index contributed by atoms with van der Waals surface area (Å²) in [5.41, 5.74) is 1.07. The van der Waals surface area contributed by atoms with Crippen LogP contribution in [0.2, 0.25) is 0 Å². The number of carboxylic acids is 1. The molecule has 0 bridgehead atoms. The van der Waals surface area contributed by atoms with Gasteiger partial charge >= 0.3 is 5.97 Å². The molecule has 7 heteroatoms. The van der Waals surface area contributed by atoms with E-state index in [0.29, 0.717) is 17.0 Å². The van der Waals surface area contributed by atoms with Crippen LogP contribution in [0.15, 0.2) is 48.5 Å². The summed E-state index contributed by atoms with van der Waals surface area (Å²) in [6.07, 6.45) is 2.00. The Morgan fingerprint density at radius 3 is 2.54 bits per heavy atom. The van der Waals surface area contributed by atoms with E-state index in [-0.39, 0.29) is 30.4 Å². The first-order valence-corrected chi connectivity index (χ1v) is 9.14. The number of anilines is 1. The maximum Gasteiger partial charge on any atom is 0.335 e. The quantitative estimate of drug-likeness (QED) is 0.767. The fourth-order valence-electron chi connectivity index (χ4n) is 3.13. The van der Waals surface area contributed by atoms with E-state index in [1.807, 2.05) is 0 Å². The minimum atomic E-state index is -1.07. The number of amides is 2. The molecule has 0 aromatic heterocycles. The van der Waals surface area contributed by atoms with Gasteiger partial charge in [0.25, 0.3) is 5.91 Å². The number of aromatic carboxylic acids is 1. The fourth-order valence-corrected chi connectivity index (χ4v) is 3.13. The van der Waals surface area contributed by atoms with Gasteiger partial charge in [0.05, 0.1) is 12.0 Å². The van der Waals surface area contributed by atoms with Gasteiger partial charge < -0.3 is 20.1 Å². The van der Waals surface area contributed by atoms with Crippen LogP contribution in [0.5, 0.6) is 5.75 Å². The summed E-state index contributed by atoms with van der Waals surface area (Å²) in [6, 6.07) is 13.2. The normalized spacial score (nSPS) is 13.2. The molecule has 3 rings (SSSR count). The van der Waals surface area contributed by atoms with Crippen LogP contribution in [-0.4, -0.2) is 47.5 Å². The van der Waals surface area contributed by atoms with Gasteiger partial charge in [-0.3, -0.25) is 9.59 Å². The first-order valence-electron chi connectivity index (χ1n) is 9.14. The van der Waals surface area contributed by atoms with Crippen LogP contribution in [0.1, 0.15) is 28.8 Å². The molecule has 2 aromatic carbocycles. The van der Waals surface area contributed by atoms with Crippen molar-refractivity contribution < 1.29 is 24.2 Å². The lowest BCUT2D eigenvalue weighted by molar-refractivity contribution is -0.132. The second-order valence-electron chi connectivity index (χ2n) is 6.59.